The van der Waals surface area contributed by atoms with Crippen LogP contribution in [0.15, 0.2) is 0 Å². The van der Waals surface area contributed by atoms with E-state index in [1.54, 1.807) is 0 Å². The highest BCUT2D eigenvalue weighted by Crippen LogP contribution is 2.29. The molecule has 2 atom stereocenters. The third-order valence-corrected chi connectivity index (χ3v) is 2.81. The Morgan fingerprint density at radius 1 is 1.20 bits per heavy atom. The van der Waals surface area contributed by atoms with Gasteiger partial charge in [-0.05, 0) is 40.5 Å². The second-order valence-corrected chi connectivity index (χ2v) is 5.18. The molecule has 2 nitrogen and oxygen atoms in total. The molecule has 0 aliphatic heterocycles. The Morgan fingerprint density at radius 3 is 2.00 bits per heavy atom. The fourth-order valence-corrected chi connectivity index (χ4v) is 2.13. The minimum Gasteiger partial charge on any atom is -0.390 e. The molecule has 0 radical (unpaired) electrons. The molecular formula is C13H28O2. The average Bonchev–Trinajstić information content (AvgIpc) is 2.08. The van der Waals surface area contributed by atoms with Crippen LogP contribution in [0.3, 0.4) is 0 Å². The van der Waals surface area contributed by atoms with Crippen LogP contribution in [0.4, 0.5) is 0 Å². The van der Waals surface area contributed by atoms with Crippen molar-refractivity contribution in [2.75, 3.05) is 0 Å². The van der Waals surface area contributed by atoms with Gasteiger partial charge in [0, 0.05) is 5.92 Å². The van der Waals surface area contributed by atoms with Crippen molar-refractivity contribution in [2.24, 2.45) is 5.92 Å². The minimum absolute atomic E-state index is 0.171. The van der Waals surface area contributed by atoms with Crippen LogP contribution in [0, 0.1) is 5.92 Å². The Balaban J connectivity index is 4.55. The molecule has 0 aromatic carbocycles. The van der Waals surface area contributed by atoms with Crippen molar-refractivity contribution in [3.8, 4) is 0 Å². The van der Waals surface area contributed by atoms with Crippen molar-refractivity contribution in [1.29, 1.82) is 0 Å². The molecule has 0 aliphatic carbocycles. The first-order chi connectivity index (χ1) is 6.82. The van der Waals surface area contributed by atoms with Gasteiger partial charge in [0.25, 0.3) is 0 Å². The zero-order valence-corrected chi connectivity index (χ0v) is 11.2. The van der Waals surface area contributed by atoms with Crippen molar-refractivity contribution in [1.82, 2.24) is 0 Å². The molecule has 0 aliphatic rings. The molecule has 0 rings (SSSR count). The molecule has 15 heavy (non-hydrogen) atoms. The molecule has 1 N–H and O–H groups in total. The van der Waals surface area contributed by atoms with Crippen LogP contribution in [0.2, 0.25) is 0 Å². The minimum atomic E-state index is -0.647. The molecule has 0 heterocycles. The maximum atomic E-state index is 10.1. The summed E-state index contributed by atoms with van der Waals surface area (Å²) in [7, 11) is 0. The van der Waals surface area contributed by atoms with Gasteiger partial charge in [0.05, 0.1) is 17.8 Å². The lowest BCUT2D eigenvalue weighted by Gasteiger charge is -2.36. The average molecular weight is 216 g/mol. The Labute approximate surface area is 95.0 Å². The second-order valence-electron chi connectivity index (χ2n) is 5.18. The fraction of sp³-hybridized carbons (Fsp3) is 1.00. The van der Waals surface area contributed by atoms with Gasteiger partial charge in [-0.25, -0.2) is 0 Å². The van der Waals surface area contributed by atoms with Gasteiger partial charge >= 0.3 is 0 Å². The summed E-state index contributed by atoms with van der Waals surface area (Å²) in [6.45, 7) is 12.2. The van der Waals surface area contributed by atoms with Crippen LogP contribution in [0.25, 0.3) is 0 Å². The van der Waals surface area contributed by atoms with Gasteiger partial charge in [-0.15, -0.1) is 0 Å². The van der Waals surface area contributed by atoms with Gasteiger partial charge in [-0.2, -0.15) is 0 Å². The molecule has 2 heteroatoms. The van der Waals surface area contributed by atoms with Crippen molar-refractivity contribution < 1.29 is 9.84 Å². The van der Waals surface area contributed by atoms with Crippen molar-refractivity contribution in [3.63, 3.8) is 0 Å². The van der Waals surface area contributed by atoms with Crippen LogP contribution < -0.4 is 0 Å². The van der Waals surface area contributed by atoms with Gasteiger partial charge in [0.2, 0.25) is 0 Å². The van der Waals surface area contributed by atoms with E-state index in [1.807, 2.05) is 13.8 Å². The van der Waals surface area contributed by atoms with Crippen molar-refractivity contribution in [3.05, 3.63) is 0 Å². The van der Waals surface area contributed by atoms with E-state index in [0.29, 0.717) is 0 Å². The molecule has 0 aromatic rings. The van der Waals surface area contributed by atoms with Gasteiger partial charge in [-0.1, -0.05) is 20.3 Å². The highest BCUT2D eigenvalue weighted by atomic mass is 16.5. The monoisotopic (exact) mass is 216 g/mol. The maximum absolute atomic E-state index is 10.1. The standard InChI is InChI=1S/C13H28O2/c1-7-9-11(13(5,6)14)12(8-2)15-10(3)4/h10-12,14H,7-9H2,1-6H3. The molecule has 0 spiro atoms. The van der Waals surface area contributed by atoms with Gasteiger partial charge in [0.1, 0.15) is 0 Å². The van der Waals surface area contributed by atoms with Crippen molar-refractivity contribution >= 4 is 0 Å². The van der Waals surface area contributed by atoms with E-state index in [-0.39, 0.29) is 18.1 Å². The first-order valence-electron chi connectivity index (χ1n) is 6.20. The summed E-state index contributed by atoms with van der Waals surface area (Å²) in [5.74, 6) is 0.231. The highest BCUT2D eigenvalue weighted by Gasteiger charge is 2.33. The summed E-state index contributed by atoms with van der Waals surface area (Å²) >= 11 is 0. The van der Waals surface area contributed by atoms with Crippen LogP contribution in [-0.2, 0) is 4.74 Å². The Bertz CT molecular complexity index is 158. The van der Waals surface area contributed by atoms with Crippen LogP contribution >= 0.6 is 0 Å². The topological polar surface area (TPSA) is 29.5 Å². The lowest BCUT2D eigenvalue weighted by molar-refractivity contribution is -0.0987. The smallest absolute Gasteiger partial charge is 0.0644 e. The summed E-state index contributed by atoms with van der Waals surface area (Å²) in [4.78, 5) is 0. The number of ether oxygens (including phenoxy) is 1. The molecule has 0 aromatic heterocycles. The van der Waals surface area contributed by atoms with Gasteiger partial charge in [0.15, 0.2) is 0 Å². The molecule has 0 amide bonds. The SMILES string of the molecule is CCCC(C(CC)OC(C)C)C(C)(C)O. The summed E-state index contributed by atoms with van der Waals surface area (Å²) in [5.41, 5.74) is -0.647. The number of hydrogen-bond acceptors (Lipinski definition) is 2. The van der Waals surface area contributed by atoms with E-state index in [9.17, 15) is 5.11 Å². The predicted molar refractivity (Wildman–Crippen MR) is 65.0 cm³/mol. The molecule has 92 valence electrons. The Morgan fingerprint density at radius 2 is 1.73 bits per heavy atom. The summed E-state index contributed by atoms with van der Waals surface area (Å²) in [6, 6.07) is 0. The van der Waals surface area contributed by atoms with Gasteiger partial charge < -0.3 is 9.84 Å². The quantitative estimate of drug-likeness (QED) is 0.707. The lowest BCUT2D eigenvalue weighted by Crippen LogP contribution is -2.41. The summed E-state index contributed by atoms with van der Waals surface area (Å²) < 4.78 is 5.88. The van der Waals surface area contributed by atoms with E-state index in [1.165, 1.54) is 0 Å². The molecular weight excluding hydrogens is 188 g/mol. The van der Waals surface area contributed by atoms with E-state index in [0.717, 1.165) is 19.3 Å². The van der Waals surface area contributed by atoms with E-state index >= 15 is 0 Å². The Hall–Kier alpha value is -0.0800. The van der Waals surface area contributed by atoms with Crippen molar-refractivity contribution in [2.45, 2.75) is 78.6 Å². The zero-order chi connectivity index (χ0) is 12.1. The number of aliphatic hydroxyl groups is 1. The molecule has 2 unspecified atom stereocenters. The molecule has 0 saturated heterocycles. The van der Waals surface area contributed by atoms with E-state index in [4.69, 9.17) is 4.74 Å². The normalized spacial score (nSPS) is 16.8. The molecule has 0 saturated carbocycles. The third-order valence-electron chi connectivity index (χ3n) is 2.81. The summed E-state index contributed by atoms with van der Waals surface area (Å²) in [5, 5.41) is 10.1. The number of hydrogen-bond donors (Lipinski definition) is 1. The second kappa shape index (κ2) is 6.49. The summed E-state index contributed by atoms with van der Waals surface area (Å²) in [6.07, 6.45) is 3.48. The largest absolute Gasteiger partial charge is 0.390 e. The Kier molecular flexibility index (Phi) is 6.46. The van der Waals surface area contributed by atoms with E-state index < -0.39 is 5.60 Å². The van der Waals surface area contributed by atoms with Crippen LogP contribution in [0.1, 0.15) is 60.8 Å². The van der Waals surface area contributed by atoms with Gasteiger partial charge in [-0.3, -0.25) is 0 Å². The number of rotatable bonds is 7. The highest BCUT2D eigenvalue weighted by molar-refractivity contribution is 4.83. The molecule has 0 fully saturated rings. The lowest BCUT2D eigenvalue weighted by atomic mass is 9.81. The van der Waals surface area contributed by atoms with E-state index in [2.05, 4.69) is 27.7 Å². The predicted octanol–water partition coefficient (Wildman–Crippen LogP) is 3.38. The molecule has 0 bridgehead atoms. The first-order valence-corrected chi connectivity index (χ1v) is 6.20. The first kappa shape index (κ1) is 14.9. The van der Waals surface area contributed by atoms with Crippen LogP contribution in [0.5, 0.6) is 0 Å². The third kappa shape index (κ3) is 5.53. The maximum Gasteiger partial charge on any atom is 0.0644 e. The van der Waals surface area contributed by atoms with Crippen LogP contribution in [-0.4, -0.2) is 22.9 Å². The fourth-order valence-electron chi connectivity index (χ4n) is 2.13. The zero-order valence-electron chi connectivity index (χ0n) is 11.2.